The van der Waals surface area contributed by atoms with Gasteiger partial charge in [0.25, 0.3) is 5.91 Å². The van der Waals surface area contributed by atoms with Crippen molar-refractivity contribution in [1.29, 1.82) is 0 Å². The molecule has 1 aromatic heterocycles. The van der Waals surface area contributed by atoms with Crippen molar-refractivity contribution in [2.45, 2.75) is 17.1 Å². The van der Waals surface area contributed by atoms with E-state index in [9.17, 15) is 13.2 Å². The van der Waals surface area contributed by atoms with Crippen LogP contribution in [0.25, 0.3) is 0 Å². The largest absolute Gasteiger partial charge is 0.459 e. The molecule has 2 rings (SSSR count). The molecule has 0 aliphatic heterocycles. The van der Waals surface area contributed by atoms with E-state index in [1.54, 1.807) is 18.2 Å². The van der Waals surface area contributed by atoms with E-state index in [0.29, 0.717) is 12.1 Å². The summed E-state index contributed by atoms with van der Waals surface area (Å²) in [6.07, 6.45) is 2.11. The number of amides is 1. The fraction of sp³-hybridized carbons (Fsp3) is 0.312. The first-order valence-corrected chi connectivity index (χ1v) is 8.97. The maximum Gasteiger partial charge on any atom is 0.287 e. The quantitative estimate of drug-likeness (QED) is 0.692. The zero-order valence-corrected chi connectivity index (χ0v) is 15.0. The molecular weight excluding hydrogens is 352 g/mol. The van der Waals surface area contributed by atoms with Crippen LogP contribution in [0.3, 0.4) is 0 Å². The van der Waals surface area contributed by atoms with Crippen molar-refractivity contribution in [3.05, 3.63) is 54.0 Å². The SMILES string of the molecule is CNCCCNC(=O)c1occc1CS(=O)(=O)c1ccccc1.Cl. The van der Waals surface area contributed by atoms with E-state index >= 15 is 0 Å². The van der Waals surface area contributed by atoms with E-state index in [0.717, 1.165) is 13.0 Å². The third kappa shape index (κ3) is 5.36. The van der Waals surface area contributed by atoms with Crippen molar-refractivity contribution in [3.63, 3.8) is 0 Å². The maximum atomic E-state index is 12.4. The Morgan fingerprint density at radius 1 is 1.12 bits per heavy atom. The molecule has 0 bridgehead atoms. The lowest BCUT2D eigenvalue weighted by atomic mass is 10.2. The minimum atomic E-state index is -3.52. The van der Waals surface area contributed by atoms with Gasteiger partial charge in [-0.05, 0) is 38.2 Å². The fourth-order valence-electron chi connectivity index (χ4n) is 2.11. The monoisotopic (exact) mass is 372 g/mol. The number of carbonyl (C=O) groups excluding carboxylic acids is 1. The minimum Gasteiger partial charge on any atom is -0.459 e. The molecule has 0 radical (unpaired) electrons. The average molecular weight is 373 g/mol. The van der Waals surface area contributed by atoms with Crippen LogP contribution in [0.5, 0.6) is 0 Å². The third-order valence-corrected chi connectivity index (χ3v) is 4.97. The molecule has 2 N–H and O–H groups in total. The number of hydrogen-bond acceptors (Lipinski definition) is 5. The van der Waals surface area contributed by atoms with E-state index < -0.39 is 15.7 Å². The molecule has 0 saturated heterocycles. The number of furan rings is 1. The molecule has 1 amide bonds. The molecule has 1 aromatic carbocycles. The van der Waals surface area contributed by atoms with E-state index in [-0.39, 0.29) is 28.8 Å². The second-order valence-corrected chi connectivity index (χ2v) is 7.05. The second kappa shape index (κ2) is 9.46. The van der Waals surface area contributed by atoms with Crippen LogP contribution >= 0.6 is 12.4 Å². The maximum absolute atomic E-state index is 12.4. The van der Waals surface area contributed by atoms with Crippen LogP contribution in [-0.4, -0.2) is 34.5 Å². The van der Waals surface area contributed by atoms with Crippen LogP contribution < -0.4 is 10.6 Å². The summed E-state index contributed by atoms with van der Waals surface area (Å²) in [6, 6.07) is 9.67. The van der Waals surface area contributed by atoms with Gasteiger partial charge in [0.15, 0.2) is 15.6 Å². The Morgan fingerprint density at radius 2 is 1.83 bits per heavy atom. The highest BCUT2D eigenvalue weighted by atomic mass is 35.5. The van der Waals surface area contributed by atoms with Gasteiger partial charge in [0.05, 0.1) is 16.9 Å². The van der Waals surface area contributed by atoms with Gasteiger partial charge in [-0.3, -0.25) is 4.79 Å². The lowest BCUT2D eigenvalue weighted by molar-refractivity contribution is 0.0924. The normalized spacial score (nSPS) is 10.9. The number of sulfone groups is 1. The Labute approximate surface area is 148 Å². The van der Waals surface area contributed by atoms with Crippen molar-refractivity contribution in [2.75, 3.05) is 20.1 Å². The highest BCUT2D eigenvalue weighted by Crippen LogP contribution is 2.19. The van der Waals surface area contributed by atoms with E-state index in [1.807, 2.05) is 7.05 Å². The summed E-state index contributed by atoms with van der Waals surface area (Å²) < 4.78 is 30.0. The number of carbonyl (C=O) groups is 1. The van der Waals surface area contributed by atoms with Gasteiger partial charge in [-0.1, -0.05) is 18.2 Å². The first kappa shape index (κ1) is 20.2. The summed E-state index contributed by atoms with van der Waals surface area (Å²) in [6.45, 7) is 1.28. The van der Waals surface area contributed by atoms with Crippen LogP contribution in [0.2, 0.25) is 0 Å². The number of halogens is 1. The summed E-state index contributed by atoms with van der Waals surface area (Å²) in [4.78, 5) is 12.3. The van der Waals surface area contributed by atoms with Crippen LogP contribution in [0.15, 0.2) is 52.0 Å². The molecule has 8 heteroatoms. The Morgan fingerprint density at radius 3 is 2.50 bits per heavy atom. The van der Waals surface area contributed by atoms with Crippen molar-refractivity contribution >= 4 is 28.2 Å². The molecule has 0 aliphatic carbocycles. The van der Waals surface area contributed by atoms with Crippen molar-refractivity contribution in [1.82, 2.24) is 10.6 Å². The van der Waals surface area contributed by atoms with Gasteiger partial charge in [-0.25, -0.2) is 8.42 Å². The van der Waals surface area contributed by atoms with Gasteiger partial charge in [0.1, 0.15) is 0 Å². The first-order valence-electron chi connectivity index (χ1n) is 7.31. The Hall–Kier alpha value is -1.83. The van der Waals surface area contributed by atoms with Crippen molar-refractivity contribution in [2.24, 2.45) is 0 Å². The van der Waals surface area contributed by atoms with E-state index in [2.05, 4.69) is 10.6 Å². The lowest BCUT2D eigenvalue weighted by Gasteiger charge is -2.06. The molecule has 0 saturated carbocycles. The summed E-state index contributed by atoms with van der Waals surface area (Å²) in [7, 11) is -1.68. The first-order chi connectivity index (χ1) is 11.0. The fourth-order valence-corrected chi connectivity index (χ4v) is 3.49. The molecule has 6 nitrogen and oxygen atoms in total. The number of hydrogen-bond donors (Lipinski definition) is 2. The summed E-state index contributed by atoms with van der Waals surface area (Å²) in [5.74, 6) is -0.620. The van der Waals surface area contributed by atoms with Gasteiger partial charge in [0.2, 0.25) is 0 Å². The number of benzene rings is 1. The molecular formula is C16H21ClN2O4S. The van der Waals surface area contributed by atoms with E-state index in [4.69, 9.17) is 4.42 Å². The molecule has 0 aliphatic rings. The van der Waals surface area contributed by atoms with Crippen molar-refractivity contribution < 1.29 is 17.6 Å². The summed E-state index contributed by atoms with van der Waals surface area (Å²) >= 11 is 0. The van der Waals surface area contributed by atoms with Gasteiger partial charge >= 0.3 is 0 Å². The molecule has 1 heterocycles. The smallest absolute Gasteiger partial charge is 0.287 e. The Kier molecular flexibility index (Phi) is 7.97. The summed E-state index contributed by atoms with van der Waals surface area (Å²) in [5, 5.41) is 5.70. The van der Waals surface area contributed by atoms with Crippen LogP contribution in [0.4, 0.5) is 0 Å². The molecule has 0 atom stereocenters. The standard InChI is InChI=1S/C16H20N2O4S.ClH/c1-17-9-5-10-18-16(19)15-13(8-11-22-15)12-23(20,21)14-6-3-2-4-7-14;/h2-4,6-8,11,17H,5,9-10,12H2,1H3,(H,18,19);1H. The lowest BCUT2D eigenvalue weighted by Crippen LogP contribution is -2.27. The molecule has 0 unspecified atom stereocenters. The highest BCUT2D eigenvalue weighted by molar-refractivity contribution is 7.90. The zero-order valence-electron chi connectivity index (χ0n) is 13.3. The van der Waals surface area contributed by atoms with Gasteiger partial charge in [0, 0.05) is 12.1 Å². The molecule has 132 valence electrons. The number of rotatable bonds is 8. The van der Waals surface area contributed by atoms with E-state index in [1.165, 1.54) is 24.5 Å². The Balaban J connectivity index is 0.00000288. The summed E-state index contributed by atoms with van der Waals surface area (Å²) in [5.41, 5.74) is 0.361. The predicted molar refractivity (Wildman–Crippen MR) is 94.2 cm³/mol. The highest BCUT2D eigenvalue weighted by Gasteiger charge is 2.22. The van der Waals surface area contributed by atoms with Crippen LogP contribution in [-0.2, 0) is 15.6 Å². The average Bonchev–Trinajstić information content (AvgIpc) is 3.00. The van der Waals surface area contributed by atoms with Crippen LogP contribution in [0.1, 0.15) is 22.5 Å². The van der Waals surface area contributed by atoms with Gasteiger partial charge < -0.3 is 15.1 Å². The van der Waals surface area contributed by atoms with Gasteiger partial charge in [-0.2, -0.15) is 0 Å². The molecule has 2 aromatic rings. The molecule has 0 fully saturated rings. The second-order valence-electron chi connectivity index (χ2n) is 5.06. The molecule has 24 heavy (non-hydrogen) atoms. The Bertz CT molecular complexity index is 744. The predicted octanol–water partition coefficient (Wildman–Crippen LogP) is 2.01. The topological polar surface area (TPSA) is 88.4 Å². The van der Waals surface area contributed by atoms with Crippen LogP contribution in [0, 0.1) is 0 Å². The van der Waals surface area contributed by atoms with Crippen molar-refractivity contribution in [3.8, 4) is 0 Å². The van der Waals surface area contributed by atoms with Gasteiger partial charge in [-0.15, -0.1) is 12.4 Å². The minimum absolute atomic E-state index is 0. The number of nitrogens with one attached hydrogen (secondary N) is 2. The third-order valence-electron chi connectivity index (χ3n) is 3.29. The molecule has 0 spiro atoms. The zero-order chi connectivity index (χ0) is 16.7.